The summed E-state index contributed by atoms with van der Waals surface area (Å²) in [6, 6.07) is 28.5. The van der Waals surface area contributed by atoms with Gasteiger partial charge >= 0.3 is 0 Å². The van der Waals surface area contributed by atoms with Crippen LogP contribution < -0.4 is 4.90 Å². The molecule has 1 aliphatic heterocycles. The van der Waals surface area contributed by atoms with Gasteiger partial charge in [-0.15, -0.1) is 0 Å². The molecular formula is C31H20N2O5. The molecule has 2 bridgehead atoms. The molecule has 4 aromatic rings. The first-order valence-electron chi connectivity index (χ1n) is 12.3. The van der Waals surface area contributed by atoms with Crippen molar-refractivity contribution in [1.29, 1.82) is 0 Å². The van der Waals surface area contributed by atoms with Gasteiger partial charge in [-0.2, -0.15) is 0 Å². The average Bonchev–Trinajstić information content (AvgIpc) is 3.23. The highest BCUT2D eigenvalue weighted by atomic mass is 16.6. The van der Waals surface area contributed by atoms with Crippen molar-refractivity contribution in [2.24, 2.45) is 11.8 Å². The standard InChI is InChI=1S/C31H20N2O5/c34-17-31-24-7-3-1-5-22(24)26(23-6-2-4-8-25(23)31)27-28(31)30(36)32(29(27)35)20-13-9-18(10-14-20)19-11-15-21(16-12-19)33(37)38/h1-17,26-28H/t26?,27-,28-,31?/m1/s1. The fourth-order valence-electron chi connectivity index (χ4n) is 6.86. The number of hydrogen-bond acceptors (Lipinski definition) is 5. The molecule has 2 atom stereocenters. The highest BCUT2D eigenvalue weighted by Gasteiger charge is 2.68. The average molecular weight is 501 g/mol. The van der Waals surface area contributed by atoms with Crippen LogP contribution in [-0.4, -0.2) is 23.0 Å². The molecule has 4 aromatic carbocycles. The van der Waals surface area contributed by atoms with Gasteiger partial charge in [-0.25, -0.2) is 4.90 Å². The molecule has 0 N–H and O–H groups in total. The zero-order chi connectivity index (χ0) is 26.2. The van der Waals surface area contributed by atoms with Crippen LogP contribution in [0.15, 0.2) is 97.1 Å². The largest absolute Gasteiger partial charge is 0.302 e. The second-order valence-corrected chi connectivity index (χ2v) is 10.0. The van der Waals surface area contributed by atoms with Gasteiger partial charge in [0, 0.05) is 18.1 Å². The number of nitro groups is 1. The molecule has 1 fully saturated rings. The fourth-order valence-corrected chi connectivity index (χ4v) is 6.86. The minimum Gasteiger partial charge on any atom is -0.302 e. The number of benzene rings is 4. The second-order valence-electron chi connectivity index (χ2n) is 10.0. The molecule has 3 aliphatic carbocycles. The van der Waals surface area contributed by atoms with Gasteiger partial charge in [0.1, 0.15) is 6.29 Å². The molecule has 1 heterocycles. The molecular weight excluding hydrogens is 480 g/mol. The maximum Gasteiger partial charge on any atom is 0.269 e. The van der Waals surface area contributed by atoms with E-state index in [1.807, 2.05) is 48.5 Å². The fraction of sp³-hybridized carbons (Fsp3) is 0.129. The topological polar surface area (TPSA) is 97.6 Å². The van der Waals surface area contributed by atoms with E-state index in [0.717, 1.165) is 39.7 Å². The normalized spacial score (nSPS) is 24.5. The van der Waals surface area contributed by atoms with Gasteiger partial charge in [0.15, 0.2) is 0 Å². The van der Waals surface area contributed by atoms with E-state index >= 15 is 0 Å². The van der Waals surface area contributed by atoms with Gasteiger partial charge in [0.05, 0.1) is 27.9 Å². The van der Waals surface area contributed by atoms with E-state index < -0.39 is 22.2 Å². The number of non-ortho nitro benzene ring substituents is 1. The van der Waals surface area contributed by atoms with Crippen LogP contribution in [0.4, 0.5) is 11.4 Å². The summed E-state index contributed by atoms with van der Waals surface area (Å²) in [5, 5.41) is 11.0. The first-order chi connectivity index (χ1) is 18.5. The summed E-state index contributed by atoms with van der Waals surface area (Å²) in [6.07, 6.45) is 0.865. The predicted octanol–water partition coefficient (Wildman–Crippen LogP) is 5.01. The molecule has 1 saturated heterocycles. The second kappa shape index (κ2) is 7.79. The van der Waals surface area contributed by atoms with Gasteiger partial charge in [-0.3, -0.25) is 19.7 Å². The summed E-state index contributed by atoms with van der Waals surface area (Å²) in [5.41, 5.74) is 4.24. The van der Waals surface area contributed by atoms with Crippen LogP contribution in [0.3, 0.4) is 0 Å². The minimum atomic E-state index is -1.23. The third-order valence-electron chi connectivity index (χ3n) is 8.41. The molecule has 0 radical (unpaired) electrons. The number of carbonyl (C=O) groups is 3. The maximum absolute atomic E-state index is 14.1. The Kier molecular flexibility index (Phi) is 4.57. The van der Waals surface area contributed by atoms with Crippen LogP contribution in [-0.2, 0) is 19.8 Å². The first-order valence-corrected chi connectivity index (χ1v) is 12.3. The number of anilines is 1. The molecule has 2 amide bonds. The molecule has 0 spiro atoms. The Morgan fingerprint density at radius 2 is 1.26 bits per heavy atom. The number of imide groups is 1. The summed E-state index contributed by atoms with van der Waals surface area (Å²) in [7, 11) is 0. The highest BCUT2D eigenvalue weighted by molar-refractivity contribution is 6.24. The van der Waals surface area contributed by atoms with Crippen molar-refractivity contribution in [3.8, 4) is 11.1 Å². The van der Waals surface area contributed by atoms with Crippen LogP contribution >= 0.6 is 0 Å². The zero-order valence-electron chi connectivity index (χ0n) is 20.0. The number of hydrogen-bond donors (Lipinski definition) is 0. The Morgan fingerprint density at radius 3 is 1.79 bits per heavy atom. The maximum atomic E-state index is 14.1. The third kappa shape index (κ3) is 2.70. The molecule has 0 unspecified atom stereocenters. The Bertz CT molecular complexity index is 1630. The Hall–Kier alpha value is -4.91. The number of nitro benzene ring substituents is 1. The lowest BCUT2D eigenvalue weighted by molar-refractivity contribution is -0.384. The van der Waals surface area contributed by atoms with Crippen molar-refractivity contribution in [2.75, 3.05) is 4.90 Å². The van der Waals surface area contributed by atoms with E-state index in [9.17, 15) is 24.5 Å². The van der Waals surface area contributed by atoms with E-state index in [0.29, 0.717) is 5.69 Å². The van der Waals surface area contributed by atoms with E-state index in [-0.39, 0.29) is 23.4 Å². The van der Waals surface area contributed by atoms with E-state index in [1.165, 1.54) is 17.0 Å². The Morgan fingerprint density at radius 1 is 0.737 bits per heavy atom. The minimum absolute atomic E-state index is 0.00182. The van der Waals surface area contributed by atoms with E-state index in [2.05, 4.69) is 0 Å². The molecule has 184 valence electrons. The molecule has 7 nitrogen and oxygen atoms in total. The van der Waals surface area contributed by atoms with Gasteiger partial charge in [0.2, 0.25) is 11.8 Å². The van der Waals surface area contributed by atoms with Gasteiger partial charge in [-0.1, -0.05) is 60.7 Å². The number of nitrogens with zero attached hydrogens (tertiary/aromatic N) is 2. The Labute approximate surface area is 217 Å². The number of amides is 2. The van der Waals surface area contributed by atoms with Gasteiger partial charge in [0.25, 0.3) is 5.69 Å². The highest BCUT2D eigenvalue weighted by Crippen LogP contribution is 2.63. The number of rotatable bonds is 4. The van der Waals surface area contributed by atoms with Crippen LogP contribution in [0.1, 0.15) is 28.2 Å². The van der Waals surface area contributed by atoms with E-state index in [1.54, 1.807) is 36.4 Å². The predicted molar refractivity (Wildman–Crippen MR) is 140 cm³/mol. The van der Waals surface area contributed by atoms with Crippen LogP contribution in [0, 0.1) is 22.0 Å². The van der Waals surface area contributed by atoms with Crippen LogP contribution in [0.25, 0.3) is 11.1 Å². The molecule has 0 saturated carbocycles. The van der Waals surface area contributed by atoms with E-state index in [4.69, 9.17) is 0 Å². The van der Waals surface area contributed by atoms with Crippen molar-refractivity contribution in [3.63, 3.8) is 0 Å². The quantitative estimate of drug-likeness (QED) is 0.170. The van der Waals surface area contributed by atoms with Crippen LogP contribution in [0.5, 0.6) is 0 Å². The van der Waals surface area contributed by atoms with Crippen molar-refractivity contribution in [3.05, 3.63) is 129 Å². The van der Waals surface area contributed by atoms with Crippen molar-refractivity contribution < 1.29 is 19.3 Å². The molecule has 7 heteroatoms. The van der Waals surface area contributed by atoms with Crippen LogP contribution in [0.2, 0.25) is 0 Å². The zero-order valence-corrected chi connectivity index (χ0v) is 20.0. The summed E-state index contributed by atoms with van der Waals surface area (Å²) in [4.78, 5) is 52.9. The number of aldehydes is 1. The Balaban J connectivity index is 1.32. The smallest absolute Gasteiger partial charge is 0.269 e. The van der Waals surface area contributed by atoms with Gasteiger partial charge in [-0.05, 0) is 57.6 Å². The lowest BCUT2D eigenvalue weighted by Crippen LogP contribution is -2.54. The van der Waals surface area contributed by atoms with Crippen molar-refractivity contribution in [2.45, 2.75) is 11.3 Å². The lowest BCUT2D eigenvalue weighted by Gasteiger charge is -2.51. The summed E-state index contributed by atoms with van der Waals surface area (Å²) < 4.78 is 0. The SMILES string of the molecule is O=CC12c3ccccc3C(c3ccccc31)[C@H]1C(=O)N(c3ccc(-c4ccc([N+](=O)[O-])cc4)cc3)C(=O)[C@@H]12. The lowest BCUT2D eigenvalue weighted by atomic mass is 9.48. The van der Waals surface area contributed by atoms with Crippen molar-refractivity contribution >= 4 is 29.5 Å². The number of carbonyl (C=O) groups excluding carboxylic acids is 3. The summed E-state index contributed by atoms with van der Waals surface area (Å²) >= 11 is 0. The molecule has 4 aliphatic rings. The molecule has 8 rings (SSSR count). The third-order valence-corrected chi connectivity index (χ3v) is 8.41. The first kappa shape index (κ1) is 22.3. The van der Waals surface area contributed by atoms with Crippen molar-refractivity contribution in [1.82, 2.24) is 0 Å². The monoisotopic (exact) mass is 500 g/mol. The summed E-state index contributed by atoms with van der Waals surface area (Å²) in [6.45, 7) is 0. The summed E-state index contributed by atoms with van der Waals surface area (Å²) in [5.74, 6) is -2.48. The molecule has 38 heavy (non-hydrogen) atoms. The van der Waals surface area contributed by atoms with Gasteiger partial charge < -0.3 is 4.79 Å². The molecule has 0 aromatic heterocycles.